The van der Waals surface area contributed by atoms with Crippen molar-refractivity contribution in [2.24, 2.45) is 0 Å². The maximum Gasteiger partial charge on any atom is 0.119 e. The molecule has 0 aliphatic heterocycles. The molecular formula is C32H34OP+. The van der Waals surface area contributed by atoms with Crippen LogP contribution in [0.15, 0.2) is 127 Å². The van der Waals surface area contributed by atoms with Crippen LogP contribution in [0.2, 0.25) is 0 Å². The van der Waals surface area contributed by atoms with Crippen molar-refractivity contribution < 1.29 is 4.74 Å². The van der Waals surface area contributed by atoms with Crippen LogP contribution >= 0.6 is 7.26 Å². The van der Waals surface area contributed by atoms with Gasteiger partial charge in [0, 0.05) is 0 Å². The quantitative estimate of drug-likeness (QED) is 0.132. The van der Waals surface area contributed by atoms with Crippen molar-refractivity contribution >= 4 is 23.2 Å². The summed E-state index contributed by atoms with van der Waals surface area (Å²) >= 11 is 0. The standard InChI is InChI=1S/C32H34OP/c1-33-29-19-16-18-28(27-29)17-8-3-2-4-15-26-34(30-20-9-5-10-21-30,31-22-11-6-12-23-31)32-24-13-7-14-25-32/h2-3,5-7,9-14,16,18-25,27H,4,8,15,17,26H2,1H3/q+1/b3-2+. The molecule has 0 N–H and O–H groups in total. The minimum absolute atomic E-state index is 0.935. The van der Waals surface area contributed by atoms with Crippen LogP contribution < -0.4 is 20.7 Å². The van der Waals surface area contributed by atoms with Gasteiger partial charge in [0.1, 0.15) is 28.9 Å². The van der Waals surface area contributed by atoms with E-state index in [2.05, 4.69) is 121 Å². The molecule has 0 aliphatic rings. The molecule has 1 nitrogen and oxygen atoms in total. The average molecular weight is 466 g/mol. The van der Waals surface area contributed by atoms with Crippen molar-refractivity contribution in [2.75, 3.05) is 13.3 Å². The van der Waals surface area contributed by atoms with E-state index in [4.69, 9.17) is 4.74 Å². The number of methoxy groups -OCH3 is 1. The van der Waals surface area contributed by atoms with Gasteiger partial charge >= 0.3 is 0 Å². The maximum atomic E-state index is 5.34. The largest absolute Gasteiger partial charge is 0.497 e. The van der Waals surface area contributed by atoms with Crippen LogP contribution in [-0.4, -0.2) is 13.3 Å². The third-order valence-electron chi connectivity index (χ3n) is 6.36. The summed E-state index contributed by atoms with van der Waals surface area (Å²) in [7, 11) is 0.0107. The van der Waals surface area contributed by atoms with Crippen molar-refractivity contribution in [1.82, 2.24) is 0 Å². The molecule has 0 unspecified atom stereocenters. The Morgan fingerprint density at radius 2 is 1.15 bits per heavy atom. The highest BCUT2D eigenvalue weighted by molar-refractivity contribution is 7.95. The van der Waals surface area contributed by atoms with E-state index >= 15 is 0 Å². The molecule has 0 bridgehead atoms. The van der Waals surface area contributed by atoms with Gasteiger partial charge in [0.2, 0.25) is 0 Å². The van der Waals surface area contributed by atoms with Gasteiger partial charge in [-0.05, 0) is 79.8 Å². The number of unbranched alkanes of at least 4 members (excludes halogenated alkanes) is 1. The monoisotopic (exact) mass is 465 g/mol. The first-order chi connectivity index (χ1) is 16.8. The number of allylic oxidation sites excluding steroid dienone is 2. The fourth-order valence-corrected chi connectivity index (χ4v) is 9.01. The van der Waals surface area contributed by atoms with Gasteiger partial charge in [-0.2, -0.15) is 0 Å². The summed E-state index contributed by atoms with van der Waals surface area (Å²) < 4.78 is 5.34. The Bertz CT molecular complexity index is 1060. The molecule has 4 rings (SSSR count). The zero-order valence-electron chi connectivity index (χ0n) is 20.0. The van der Waals surface area contributed by atoms with Crippen molar-refractivity contribution in [3.63, 3.8) is 0 Å². The van der Waals surface area contributed by atoms with Gasteiger partial charge in [0.15, 0.2) is 0 Å². The number of benzene rings is 4. The van der Waals surface area contributed by atoms with E-state index in [-0.39, 0.29) is 0 Å². The molecule has 0 radical (unpaired) electrons. The van der Waals surface area contributed by atoms with Crippen molar-refractivity contribution in [3.05, 3.63) is 133 Å². The predicted octanol–water partition coefficient (Wildman–Crippen LogP) is 6.96. The molecule has 0 amide bonds. The van der Waals surface area contributed by atoms with Crippen LogP contribution in [0.3, 0.4) is 0 Å². The van der Waals surface area contributed by atoms with Gasteiger partial charge < -0.3 is 4.74 Å². The molecule has 0 aromatic heterocycles. The van der Waals surface area contributed by atoms with Crippen LogP contribution in [-0.2, 0) is 6.42 Å². The molecule has 0 atom stereocenters. The lowest BCUT2D eigenvalue weighted by molar-refractivity contribution is 0.414. The minimum atomic E-state index is -1.71. The Morgan fingerprint density at radius 1 is 0.618 bits per heavy atom. The predicted molar refractivity (Wildman–Crippen MR) is 150 cm³/mol. The Hall–Kier alpha value is -3.15. The second kappa shape index (κ2) is 12.4. The highest BCUT2D eigenvalue weighted by Crippen LogP contribution is 2.55. The Morgan fingerprint density at radius 3 is 1.68 bits per heavy atom. The molecule has 4 aromatic carbocycles. The first-order valence-corrected chi connectivity index (χ1v) is 14.1. The van der Waals surface area contributed by atoms with Crippen molar-refractivity contribution in [2.45, 2.75) is 25.7 Å². The van der Waals surface area contributed by atoms with Gasteiger partial charge in [0.05, 0.1) is 13.3 Å². The summed E-state index contributed by atoms with van der Waals surface area (Å²) in [4.78, 5) is 0. The lowest BCUT2D eigenvalue weighted by Crippen LogP contribution is -2.33. The van der Waals surface area contributed by atoms with Crippen LogP contribution in [0.1, 0.15) is 24.8 Å². The van der Waals surface area contributed by atoms with Gasteiger partial charge in [0.25, 0.3) is 0 Å². The van der Waals surface area contributed by atoms with E-state index in [1.165, 1.54) is 34.1 Å². The fourth-order valence-electron chi connectivity index (χ4n) is 4.64. The maximum absolute atomic E-state index is 5.34. The topological polar surface area (TPSA) is 9.23 Å². The molecule has 0 fully saturated rings. The normalized spacial score (nSPS) is 11.6. The molecule has 0 aliphatic carbocycles. The molecule has 172 valence electrons. The van der Waals surface area contributed by atoms with Crippen LogP contribution in [0.25, 0.3) is 0 Å². The smallest absolute Gasteiger partial charge is 0.119 e. The SMILES string of the molecule is COc1cccc(CC/C=C/CCC[P+](c2ccccc2)(c2ccccc2)c2ccccc2)c1. The molecule has 0 heterocycles. The molecule has 4 aromatic rings. The number of ether oxygens (including phenoxy) is 1. The summed E-state index contributed by atoms with van der Waals surface area (Å²) in [6.07, 6.45) is 10.3. The van der Waals surface area contributed by atoms with E-state index in [1.807, 2.05) is 6.07 Å². The minimum Gasteiger partial charge on any atom is -0.497 e. The molecule has 0 saturated carbocycles. The van der Waals surface area contributed by atoms with Gasteiger partial charge in [-0.25, -0.2) is 0 Å². The Kier molecular flexibility index (Phi) is 8.71. The summed E-state index contributed by atoms with van der Waals surface area (Å²) in [5.74, 6) is 0.935. The number of hydrogen-bond acceptors (Lipinski definition) is 1. The lowest BCUT2D eigenvalue weighted by Gasteiger charge is -2.27. The zero-order chi connectivity index (χ0) is 23.5. The van der Waals surface area contributed by atoms with E-state index in [1.54, 1.807) is 7.11 Å². The summed E-state index contributed by atoms with van der Waals surface area (Å²) in [6.45, 7) is 0. The number of hydrogen-bond donors (Lipinski definition) is 0. The van der Waals surface area contributed by atoms with Gasteiger partial charge in [-0.3, -0.25) is 0 Å². The van der Waals surface area contributed by atoms with Gasteiger partial charge in [-0.1, -0.05) is 78.9 Å². The van der Waals surface area contributed by atoms with Crippen molar-refractivity contribution in [1.29, 1.82) is 0 Å². The van der Waals surface area contributed by atoms with Crippen molar-refractivity contribution in [3.8, 4) is 5.75 Å². The molecule has 2 heteroatoms. The third kappa shape index (κ3) is 5.85. The second-order valence-corrected chi connectivity index (χ2v) is 12.2. The summed E-state index contributed by atoms with van der Waals surface area (Å²) in [5, 5.41) is 4.40. The van der Waals surface area contributed by atoms with Gasteiger partial charge in [-0.15, -0.1) is 0 Å². The highest BCUT2D eigenvalue weighted by atomic mass is 31.2. The first kappa shape index (κ1) is 24.0. The van der Waals surface area contributed by atoms with E-state index in [0.717, 1.165) is 25.0 Å². The third-order valence-corrected chi connectivity index (χ3v) is 10.9. The fraction of sp³-hybridized carbons (Fsp3) is 0.188. The molecule has 0 saturated heterocycles. The van der Waals surface area contributed by atoms with E-state index in [0.29, 0.717) is 0 Å². The second-order valence-electron chi connectivity index (χ2n) is 8.54. The Balaban J connectivity index is 1.49. The summed E-state index contributed by atoms with van der Waals surface area (Å²) in [6, 6.07) is 41.9. The van der Waals surface area contributed by atoms with Crippen LogP contribution in [0, 0.1) is 0 Å². The van der Waals surface area contributed by atoms with E-state index in [9.17, 15) is 0 Å². The summed E-state index contributed by atoms with van der Waals surface area (Å²) in [5.41, 5.74) is 1.33. The van der Waals surface area contributed by atoms with Crippen LogP contribution in [0.4, 0.5) is 0 Å². The average Bonchev–Trinajstić information content (AvgIpc) is 2.92. The first-order valence-electron chi connectivity index (χ1n) is 12.2. The number of aryl methyl sites for hydroxylation is 1. The Labute approximate surface area is 205 Å². The molecular weight excluding hydrogens is 431 g/mol. The number of rotatable bonds is 11. The highest BCUT2D eigenvalue weighted by Gasteiger charge is 2.44. The zero-order valence-corrected chi connectivity index (χ0v) is 20.9. The lowest BCUT2D eigenvalue weighted by atomic mass is 10.1. The van der Waals surface area contributed by atoms with E-state index < -0.39 is 7.26 Å². The molecule has 34 heavy (non-hydrogen) atoms. The molecule has 0 spiro atoms. The van der Waals surface area contributed by atoms with Crippen LogP contribution in [0.5, 0.6) is 5.75 Å².